The van der Waals surface area contributed by atoms with Crippen LogP contribution in [0.5, 0.6) is 5.75 Å². The number of unbranched alkanes of at least 4 members (excludes halogenated alkanes) is 2. The lowest BCUT2D eigenvalue weighted by Crippen LogP contribution is -2.09. The van der Waals surface area contributed by atoms with E-state index in [1.807, 2.05) is 23.5 Å². The van der Waals surface area contributed by atoms with E-state index in [1.54, 1.807) is 6.33 Å². The van der Waals surface area contributed by atoms with E-state index in [9.17, 15) is 0 Å². The molecule has 4 rings (SSSR count). The SMILES string of the molecule is CCCCCOc1ccc(Nc2ncnc3sc4c(c23)CC[C@@H](C)C4)cc1. The largest absolute Gasteiger partial charge is 0.494 e. The molecule has 1 N–H and O–H groups in total. The molecule has 0 amide bonds. The van der Waals surface area contributed by atoms with E-state index in [1.165, 1.54) is 41.5 Å². The number of anilines is 2. The molecule has 0 fully saturated rings. The number of benzene rings is 1. The van der Waals surface area contributed by atoms with Crippen molar-refractivity contribution in [3.63, 3.8) is 0 Å². The second kappa shape index (κ2) is 8.26. The smallest absolute Gasteiger partial charge is 0.142 e. The number of thiophene rings is 1. The van der Waals surface area contributed by atoms with E-state index in [2.05, 4.69) is 41.3 Å². The molecule has 1 aliphatic rings. The fourth-order valence-electron chi connectivity index (χ4n) is 3.68. The van der Waals surface area contributed by atoms with Gasteiger partial charge in [-0.2, -0.15) is 0 Å². The number of ether oxygens (including phenoxy) is 1. The zero-order valence-electron chi connectivity index (χ0n) is 16.1. The Labute approximate surface area is 165 Å². The molecule has 0 spiro atoms. The van der Waals surface area contributed by atoms with Crippen LogP contribution in [0.1, 0.15) is 50.0 Å². The van der Waals surface area contributed by atoms with Gasteiger partial charge in [-0.05, 0) is 61.4 Å². The highest BCUT2D eigenvalue weighted by molar-refractivity contribution is 7.19. The second-order valence-corrected chi connectivity index (χ2v) is 8.54. The first-order valence-corrected chi connectivity index (χ1v) is 10.8. The van der Waals surface area contributed by atoms with Crippen LogP contribution in [0.2, 0.25) is 0 Å². The van der Waals surface area contributed by atoms with Crippen LogP contribution in [0.4, 0.5) is 11.5 Å². The molecule has 0 saturated heterocycles. The number of rotatable bonds is 7. The summed E-state index contributed by atoms with van der Waals surface area (Å²) in [4.78, 5) is 11.7. The van der Waals surface area contributed by atoms with Gasteiger partial charge in [0, 0.05) is 10.6 Å². The van der Waals surface area contributed by atoms with Gasteiger partial charge in [0.2, 0.25) is 0 Å². The Hall–Kier alpha value is -2.14. The van der Waals surface area contributed by atoms with Crippen molar-refractivity contribution in [3.05, 3.63) is 41.0 Å². The summed E-state index contributed by atoms with van der Waals surface area (Å²) in [6.45, 7) is 5.33. The second-order valence-electron chi connectivity index (χ2n) is 7.46. The van der Waals surface area contributed by atoms with Crippen molar-refractivity contribution in [2.24, 2.45) is 5.92 Å². The van der Waals surface area contributed by atoms with Gasteiger partial charge in [0.15, 0.2) is 0 Å². The van der Waals surface area contributed by atoms with Crippen LogP contribution < -0.4 is 10.1 Å². The number of hydrogen-bond donors (Lipinski definition) is 1. The molecular formula is C22H27N3OS. The van der Waals surface area contributed by atoms with Gasteiger partial charge in [-0.25, -0.2) is 9.97 Å². The Morgan fingerprint density at radius 2 is 2.04 bits per heavy atom. The van der Waals surface area contributed by atoms with E-state index in [0.29, 0.717) is 0 Å². The van der Waals surface area contributed by atoms with Gasteiger partial charge >= 0.3 is 0 Å². The number of hydrogen-bond acceptors (Lipinski definition) is 5. The predicted octanol–water partition coefficient (Wildman–Crippen LogP) is 6.13. The molecule has 0 bridgehead atoms. The van der Waals surface area contributed by atoms with Crippen LogP contribution >= 0.6 is 11.3 Å². The number of aryl methyl sites for hydroxylation is 1. The number of nitrogens with zero attached hydrogens (tertiary/aromatic N) is 2. The Balaban J connectivity index is 1.52. The average molecular weight is 382 g/mol. The summed E-state index contributed by atoms with van der Waals surface area (Å²) >= 11 is 1.83. The average Bonchev–Trinajstić information content (AvgIpc) is 3.05. The van der Waals surface area contributed by atoms with E-state index < -0.39 is 0 Å². The van der Waals surface area contributed by atoms with Gasteiger partial charge in [0.25, 0.3) is 0 Å². The number of nitrogens with one attached hydrogen (secondary N) is 1. The van der Waals surface area contributed by atoms with Crippen molar-refractivity contribution >= 4 is 33.1 Å². The van der Waals surface area contributed by atoms with Gasteiger partial charge in [-0.15, -0.1) is 11.3 Å². The molecule has 1 aromatic carbocycles. The van der Waals surface area contributed by atoms with Gasteiger partial charge in [0.05, 0.1) is 12.0 Å². The Morgan fingerprint density at radius 3 is 2.85 bits per heavy atom. The third-order valence-electron chi connectivity index (χ3n) is 5.23. The van der Waals surface area contributed by atoms with Gasteiger partial charge in [-0.3, -0.25) is 0 Å². The molecule has 142 valence electrons. The maximum atomic E-state index is 5.80. The Morgan fingerprint density at radius 1 is 1.19 bits per heavy atom. The maximum Gasteiger partial charge on any atom is 0.142 e. The highest BCUT2D eigenvalue weighted by atomic mass is 32.1. The number of aromatic nitrogens is 2. The van der Waals surface area contributed by atoms with Crippen molar-refractivity contribution in [3.8, 4) is 5.75 Å². The standard InChI is InChI=1S/C22H27N3OS/c1-3-4-5-12-26-17-9-7-16(8-10-17)25-21-20-18-11-6-15(2)13-19(18)27-22(20)24-14-23-21/h7-10,14-15H,3-6,11-13H2,1-2H3,(H,23,24,25)/t15-/m1/s1. The lowest BCUT2D eigenvalue weighted by atomic mass is 9.89. The first-order chi connectivity index (χ1) is 13.2. The molecular weight excluding hydrogens is 354 g/mol. The summed E-state index contributed by atoms with van der Waals surface area (Å²) < 4.78 is 5.80. The molecule has 0 saturated carbocycles. The molecule has 5 heteroatoms. The fraction of sp³-hybridized carbons (Fsp3) is 0.455. The quantitative estimate of drug-likeness (QED) is 0.500. The summed E-state index contributed by atoms with van der Waals surface area (Å²) in [7, 11) is 0. The molecule has 0 unspecified atom stereocenters. The van der Waals surface area contributed by atoms with Crippen molar-refractivity contribution in [2.45, 2.75) is 52.4 Å². The van der Waals surface area contributed by atoms with Crippen LogP contribution in [0.15, 0.2) is 30.6 Å². The van der Waals surface area contributed by atoms with E-state index in [0.717, 1.165) is 47.5 Å². The first kappa shape index (κ1) is 18.2. The first-order valence-electron chi connectivity index (χ1n) is 9.99. The summed E-state index contributed by atoms with van der Waals surface area (Å²) in [6, 6.07) is 8.17. The number of fused-ring (bicyclic) bond motifs is 3. The lowest BCUT2D eigenvalue weighted by Gasteiger charge is -2.18. The van der Waals surface area contributed by atoms with Gasteiger partial charge in [-0.1, -0.05) is 26.7 Å². The van der Waals surface area contributed by atoms with Crippen molar-refractivity contribution in [1.82, 2.24) is 9.97 Å². The minimum Gasteiger partial charge on any atom is -0.494 e. The molecule has 1 atom stereocenters. The minimum absolute atomic E-state index is 0.764. The highest BCUT2D eigenvalue weighted by Crippen LogP contribution is 2.40. The fourth-order valence-corrected chi connectivity index (χ4v) is 5.03. The van der Waals surface area contributed by atoms with Crippen LogP contribution in [-0.2, 0) is 12.8 Å². The highest BCUT2D eigenvalue weighted by Gasteiger charge is 2.23. The van der Waals surface area contributed by atoms with E-state index >= 15 is 0 Å². The maximum absolute atomic E-state index is 5.80. The predicted molar refractivity (Wildman–Crippen MR) is 113 cm³/mol. The summed E-state index contributed by atoms with van der Waals surface area (Å²) in [5, 5.41) is 4.71. The van der Waals surface area contributed by atoms with Gasteiger partial charge < -0.3 is 10.1 Å². The molecule has 2 heterocycles. The zero-order chi connectivity index (χ0) is 18.6. The molecule has 2 aromatic heterocycles. The minimum atomic E-state index is 0.764. The van der Waals surface area contributed by atoms with Crippen LogP contribution in [0.25, 0.3) is 10.2 Å². The van der Waals surface area contributed by atoms with Crippen molar-refractivity contribution < 1.29 is 4.74 Å². The normalized spacial score (nSPS) is 16.3. The summed E-state index contributed by atoms with van der Waals surface area (Å²) in [5.74, 6) is 2.61. The third kappa shape index (κ3) is 4.08. The van der Waals surface area contributed by atoms with Crippen molar-refractivity contribution in [1.29, 1.82) is 0 Å². The van der Waals surface area contributed by atoms with E-state index in [4.69, 9.17) is 4.74 Å². The third-order valence-corrected chi connectivity index (χ3v) is 6.39. The molecule has 0 aliphatic heterocycles. The molecule has 1 aliphatic carbocycles. The van der Waals surface area contributed by atoms with Crippen LogP contribution in [0.3, 0.4) is 0 Å². The zero-order valence-corrected chi connectivity index (χ0v) is 16.9. The van der Waals surface area contributed by atoms with Crippen LogP contribution in [0, 0.1) is 5.92 Å². The Kier molecular flexibility index (Phi) is 5.58. The van der Waals surface area contributed by atoms with Crippen molar-refractivity contribution in [2.75, 3.05) is 11.9 Å². The topological polar surface area (TPSA) is 47.0 Å². The molecule has 0 radical (unpaired) electrons. The summed E-state index contributed by atoms with van der Waals surface area (Å²) in [5.41, 5.74) is 2.48. The van der Waals surface area contributed by atoms with E-state index in [-0.39, 0.29) is 0 Å². The Bertz CT molecular complexity index is 904. The van der Waals surface area contributed by atoms with Gasteiger partial charge in [0.1, 0.15) is 22.7 Å². The molecule has 4 nitrogen and oxygen atoms in total. The molecule has 3 aromatic rings. The summed E-state index contributed by atoms with van der Waals surface area (Å²) in [6.07, 6.45) is 8.75. The lowest BCUT2D eigenvalue weighted by molar-refractivity contribution is 0.306. The monoisotopic (exact) mass is 381 g/mol. The van der Waals surface area contributed by atoms with Crippen LogP contribution in [-0.4, -0.2) is 16.6 Å². The molecule has 27 heavy (non-hydrogen) atoms.